The third-order valence-corrected chi connectivity index (χ3v) is 6.18. The molecule has 5 aromatic rings. The van der Waals surface area contributed by atoms with Crippen molar-refractivity contribution in [2.75, 3.05) is 14.2 Å². The van der Waals surface area contributed by atoms with Crippen molar-refractivity contribution in [3.8, 4) is 34.3 Å². The Kier molecular flexibility index (Phi) is 6.35. The highest BCUT2D eigenvalue weighted by atomic mass is 32.2. The summed E-state index contributed by atoms with van der Waals surface area (Å²) in [5, 5.41) is 9.66. The SMILES string of the molecule is COc1ccc(-c2nc(CSc3nnc(-c4cccc(OC)c4)n3Cc3ccco3)co2)cc1. The van der Waals surface area contributed by atoms with E-state index in [1.807, 2.05) is 65.2 Å². The number of rotatable bonds is 9. The molecule has 0 atom stereocenters. The summed E-state index contributed by atoms with van der Waals surface area (Å²) in [6, 6.07) is 19.2. The van der Waals surface area contributed by atoms with Crippen molar-refractivity contribution >= 4 is 11.8 Å². The van der Waals surface area contributed by atoms with Gasteiger partial charge in [0.1, 0.15) is 23.5 Å². The van der Waals surface area contributed by atoms with Crippen LogP contribution in [0.25, 0.3) is 22.8 Å². The molecule has 2 aromatic carbocycles. The normalized spacial score (nSPS) is 11.0. The van der Waals surface area contributed by atoms with E-state index >= 15 is 0 Å². The zero-order chi connectivity index (χ0) is 23.3. The van der Waals surface area contributed by atoms with Crippen molar-refractivity contribution in [1.82, 2.24) is 19.7 Å². The molecule has 0 amide bonds. The molecule has 0 saturated heterocycles. The second-order valence-corrected chi connectivity index (χ2v) is 8.31. The van der Waals surface area contributed by atoms with Gasteiger partial charge in [-0.3, -0.25) is 4.57 Å². The van der Waals surface area contributed by atoms with Crippen LogP contribution in [-0.4, -0.2) is 34.0 Å². The first-order valence-corrected chi connectivity index (χ1v) is 11.5. The zero-order valence-corrected chi connectivity index (χ0v) is 19.5. The molecule has 0 bridgehead atoms. The van der Waals surface area contributed by atoms with Crippen molar-refractivity contribution in [2.24, 2.45) is 0 Å². The van der Waals surface area contributed by atoms with E-state index in [0.29, 0.717) is 18.2 Å². The molecule has 3 heterocycles. The van der Waals surface area contributed by atoms with Gasteiger partial charge in [0.25, 0.3) is 0 Å². The maximum absolute atomic E-state index is 5.69. The minimum atomic E-state index is 0.505. The first-order valence-electron chi connectivity index (χ1n) is 10.5. The van der Waals surface area contributed by atoms with Crippen LogP contribution in [0.15, 0.2) is 87.2 Å². The Hall–Kier alpha value is -3.98. The number of furan rings is 1. The maximum Gasteiger partial charge on any atom is 0.226 e. The van der Waals surface area contributed by atoms with Crippen molar-refractivity contribution in [3.63, 3.8) is 0 Å². The van der Waals surface area contributed by atoms with Crippen LogP contribution in [0.5, 0.6) is 11.5 Å². The highest BCUT2D eigenvalue weighted by molar-refractivity contribution is 7.98. The van der Waals surface area contributed by atoms with E-state index in [2.05, 4.69) is 15.2 Å². The Bertz CT molecular complexity index is 1360. The predicted octanol–water partition coefficient (Wildman–Crippen LogP) is 5.55. The van der Waals surface area contributed by atoms with Gasteiger partial charge in [-0.25, -0.2) is 4.98 Å². The average molecular weight is 475 g/mol. The number of aromatic nitrogens is 4. The maximum atomic E-state index is 5.69. The summed E-state index contributed by atoms with van der Waals surface area (Å²) in [6.07, 6.45) is 3.33. The number of methoxy groups -OCH3 is 2. The minimum absolute atomic E-state index is 0.505. The first kappa shape index (κ1) is 21.8. The van der Waals surface area contributed by atoms with Gasteiger partial charge in [-0.2, -0.15) is 0 Å². The van der Waals surface area contributed by atoms with Gasteiger partial charge in [0.05, 0.1) is 32.7 Å². The smallest absolute Gasteiger partial charge is 0.226 e. The highest BCUT2D eigenvalue weighted by Crippen LogP contribution is 2.30. The molecule has 0 aliphatic heterocycles. The number of thioether (sulfide) groups is 1. The number of hydrogen-bond acceptors (Lipinski definition) is 8. The molecule has 0 N–H and O–H groups in total. The molecular weight excluding hydrogens is 452 g/mol. The van der Waals surface area contributed by atoms with Crippen LogP contribution in [-0.2, 0) is 12.3 Å². The molecule has 3 aromatic heterocycles. The molecule has 5 rings (SSSR count). The van der Waals surface area contributed by atoms with Gasteiger partial charge >= 0.3 is 0 Å². The van der Waals surface area contributed by atoms with E-state index in [9.17, 15) is 0 Å². The lowest BCUT2D eigenvalue weighted by Crippen LogP contribution is -2.03. The van der Waals surface area contributed by atoms with E-state index in [0.717, 1.165) is 45.1 Å². The van der Waals surface area contributed by atoms with Gasteiger partial charge in [-0.15, -0.1) is 10.2 Å². The molecular formula is C25H22N4O4S. The zero-order valence-electron chi connectivity index (χ0n) is 18.7. The summed E-state index contributed by atoms with van der Waals surface area (Å²) in [5.41, 5.74) is 2.61. The van der Waals surface area contributed by atoms with E-state index < -0.39 is 0 Å². The van der Waals surface area contributed by atoms with Crippen LogP contribution in [0.3, 0.4) is 0 Å². The Morgan fingerprint density at radius 1 is 0.882 bits per heavy atom. The summed E-state index contributed by atoms with van der Waals surface area (Å²) in [6.45, 7) is 0.505. The molecule has 0 radical (unpaired) electrons. The topological polar surface area (TPSA) is 88.3 Å². The largest absolute Gasteiger partial charge is 0.497 e. The fourth-order valence-corrected chi connectivity index (χ4v) is 4.27. The van der Waals surface area contributed by atoms with Crippen LogP contribution in [0, 0.1) is 0 Å². The number of benzene rings is 2. The van der Waals surface area contributed by atoms with E-state index in [-0.39, 0.29) is 0 Å². The van der Waals surface area contributed by atoms with E-state index in [1.54, 1.807) is 26.7 Å². The lowest BCUT2D eigenvalue weighted by atomic mass is 10.2. The summed E-state index contributed by atoms with van der Waals surface area (Å²) in [5.74, 6) is 4.23. The van der Waals surface area contributed by atoms with E-state index in [4.69, 9.17) is 18.3 Å². The van der Waals surface area contributed by atoms with Gasteiger partial charge in [-0.1, -0.05) is 23.9 Å². The quantitative estimate of drug-likeness (QED) is 0.257. The van der Waals surface area contributed by atoms with Gasteiger partial charge < -0.3 is 18.3 Å². The monoisotopic (exact) mass is 474 g/mol. The summed E-state index contributed by atoms with van der Waals surface area (Å²) < 4.78 is 23.9. The molecule has 34 heavy (non-hydrogen) atoms. The number of ether oxygens (including phenoxy) is 2. The van der Waals surface area contributed by atoms with Crippen LogP contribution in [0.1, 0.15) is 11.5 Å². The second kappa shape index (κ2) is 9.88. The fourth-order valence-electron chi connectivity index (χ4n) is 3.45. The third kappa shape index (κ3) is 4.69. The number of oxazole rings is 1. The van der Waals surface area contributed by atoms with Crippen molar-refractivity contribution in [3.05, 3.63) is 84.6 Å². The standard InChI is InChI=1S/C25H22N4O4S/c1-30-20-10-8-17(9-11-20)24-26-19(15-33-24)16-34-25-28-27-23(18-5-3-6-21(13-18)31-2)29(25)14-22-7-4-12-32-22/h3-13,15H,14,16H2,1-2H3. The highest BCUT2D eigenvalue weighted by Gasteiger charge is 2.17. The van der Waals surface area contributed by atoms with Crippen LogP contribution < -0.4 is 9.47 Å². The van der Waals surface area contributed by atoms with Crippen LogP contribution >= 0.6 is 11.8 Å². The Morgan fingerprint density at radius 2 is 1.74 bits per heavy atom. The lowest BCUT2D eigenvalue weighted by Gasteiger charge is -2.09. The summed E-state index contributed by atoms with van der Waals surface area (Å²) >= 11 is 1.54. The lowest BCUT2D eigenvalue weighted by molar-refractivity contribution is 0.414. The Balaban J connectivity index is 1.38. The summed E-state index contributed by atoms with van der Waals surface area (Å²) in [7, 11) is 3.28. The van der Waals surface area contributed by atoms with Crippen LogP contribution in [0.4, 0.5) is 0 Å². The Morgan fingerprint density at radius 3 is 2.50 bits per heavy atom. The van der Waals surface area contributed by atoms with Gasteiger partial charge in [0, 0.05) is 16.9 Å². The van der Waals surface area contributed by atoms with Gasteiger partial charge in [0.2, 0.25) is 5.89 Å². The molecule has 8 nitrogen and oxygen atoms in total. The second-order valence-electron chi connectivity index (χ2n) is 7.36. The van der Waals surface area contributed by atoms with Crippen molar-refractivity contribution in [1.29, 1.82) is 0 Å². The first-order chi connectivity index (χ1) is 16.7. The third-order valence-electron chi connectivity index (χ3n) is 5.18. The predicted molar refractivity (Wildman–Crippen MR) is 128 cm³/mol. The van der Waals surface area contributed by atoms with Crippen molar-refractivity contribution < 1.29 is 18.3 Å². The molecule has 0 spiro atoms. The molecule has 0 saturated carbocycles. The van der Waals surface area contributed by atoms with Gasteiger partial charge in [-0.05, 0) is 48.5 Å². The Labute approximate surface area is 200 Å². The van der Waals surface area contributed by atoms with Gasteiger partial charge in [0.15, 0.2) is 11.0 Å². The van der Waals surface area contributed by atoms with Crippen molar-refractivity contribution in [2.45, 2.75) is 17.5 Å². The summed E-state index contributed by atoms with van der Waals surface area (Å²) in [4.78, 5) is 4.62. The van der Waals surface area contributed by atoms with Crippen LogP contribution in [0.2, 0.25) is 0 Å². The number of nitrogens with zero attached hydrogens (tertiary/aromatic N) is 4. The fraction of sp³-hybridized carbons (Fsp3) is 0.160. The number of hydrogen-bond donors (Lipinski definition) is 0. The molecule has 0 aliphatic carbocycles. The molecule has 172 valence electrons. The molecule has 0 fully saturated rings. The van der Waals surface area contributed by atoms with E-state index in [1.165, 1.54) is 11.8 Å². The molecule has 9 heteroatoms. The minimum Gasteiger partial charge on any atom is -0.497 e. The molecule has 0 unspecified atom stereocenters. The molecule has 0 aliphatic rings. The average Bonchev–Trinajstić information content (AvgIpc) is 3.65.